The maximum absolute atomic E-state index is 12.9. The fraction of sp³-hybridized carbons (Fsp3) is 0.300. The number of ether oxygens (including phenoxy) is 1. The number of rotatable bonds is 6. The van der Waals surface area contributed by atoms with Crippen LogP contribution in [-0.2, 0) is 16.4 Å². The van der Waals surface area contributed by atoms with E-state index in [-0.39, 0.29) is 10.8 Å². The van der Waals surface area contributed by atoms with Crippen molar-refractivity contribution in [3.05, 3.63) is 70.3 Å². The van der Waals surface area contributed by atoms with Gasteiger partial charge in [0.25, 0.3) is 0 Å². The van der Waals surface area contributed by atoms with Crippen LogP contribution in [0.2, 0.25) is 5.02 Å². The number of halogens is 1. The number of methoxy groups -OCH3 is 1. The Morgan fingerprint density at radius 2 is 1.97 bits per heavy atom. The number of hydrogen-bond donors (Lipinski definition) is 0. The minimum atomic E-state index is -3.60. The summed E-state index contributed by atoms with van der Waals surface area (Å²) >= 11 is 6.08. The summed E-state index contributed by atoms with van der Waals surface area (Å²) in [6, 6.07) is 12.5. The second-order valence-corrected chi connectivity index (χ2v) is 9.23. The van der Waals surface area contributed by atoms with Crippen molar-refractivity contribution in [2.75, 3.05) is 20.2 Å². The molecule has 29 heavy (non-hydrogen) atoms. The molecule has 1 aliphatic heterocycles. The topological polar surface area (TPSA) is 85.5 Å². The third-order valence-electron chi connectivity index (χ3n) is 5.06. The van der Waals surface area contributed by atoms with E-state index in [1.54, 1.807) is 32.2 Å². The van der Waals surface area contributed by atoms with Crippen LogP contribution >= 0.6 is 11.6 Å². The van der Waals surface area contributed by atoms with Gasteiger partial charge in [0.15, 0.2) is 5.82 Å². The molecule has 3 aromatic rings. The van der Waals surface area contributed by atoms with Gasteiger partial charge in [-0.3, -0.25) is 0 Å². The summed E-state index contributed by atoms with van der Waals surface area (Å²) in [5.74, 6) is 1.63. The van der Waals surface area contributed by atoms with Crippen LogP contribution in [-0.4, -0.2) is 43.1 Å². The van der Waals surface area contributed by atoms with E-state index >= 15 is 0 Å². The summed E-state index contributed by atoms with van der Waals surface area (Å²) in [6.45, 7) is 2.30. The van der Waals surface area contributed by atoms with Gasteiger partial charge in [0, 0.05) is 30.1 Å². The molecule has 0 unspecified atom stereocenters. The van der Waals surface area contributed by atoms with Crippen molar-refractivity contribution in [2.45, 2.75) is 24.2 Å². The molecule has 0 amide bonds. The summed E-state index contributed by atoms with van der Waals surface area (Å²) in [7, 11) is -1.99. The average molecular weight is 434 g/mol. The predicted octanol–water partition coefficient (Wildman–Crippen LogP) is 3.42. The SMILES string of the molecule is COc1ccccc1Cc1noc(C2CN(S(=O)(=O)c3cccc(Cl)c3C)C2)n1. The summed E-state index contributed by atoms with van der Waals surface area (Å²) in [5.41, 5.74) is 1.51. The van der Waals surface area contributed by atoms with E-state index in [0.717, 1.165) is 11.3 Å². The first-order valence-corrected chi connectivity index (χ1v) is 10.9. The Kier molecular flexibility index (Phi) is 5.33. The molecular formula is C20H20ClN3O4S. The lowest BCUT2D eigenvalue weighted by atomic mass is 10.0. The van der Waals surface area contributed by atoms with Gasteiger partial charge in [0.1, 0.15) is 5.75 Å². The van der Waals surface area contributed by atoms with Crippen molar-refractivity contribution in [2.24, 2.45) is 0 Å². The molecule has 0 atom stereocenters. The Bertz CT molecular complexity index is 1140. The molecule has 1 aliphatic rings. The van der Waals surface area contributed by atoms with Crippen LogP contribution in [0.25, 0.3) is 0 Å². The lowest BCUT2D eigenvalue weighted by Crippen LogP contribution is -2.48. The largest absolute Gasteiger partial charge is 0.496 e. The van der Waals surface area contributed by atoms with Crippen LogP contribution in [0.5, 0.6) is 5.75 Å². The van der Waals surface area contributed by atoms with Crippen LogP contribution in [0.15, 0.2) is 51.9 Å². The molecule has 0 bridgehead atoms. The summed E-state index contributed by atoms with van der Waals surface area (Å²) in [4.78, 5) is 4.68. The van der Waals surface area contributed by atoms with Crippen LogP contribution in [0, 0.1) is 6.92 Å². The van der Waals surface area contributed by atoms with Crippen molar-refractivity contribution >= 4 is 21.6 Å². The highest BCUT2D eigenvalue weighted by molar-refractivity contribution is 7.89. The van der Waals surface area contributed by atoms with Crippen molar-refractivity contribution < 1.29 is 17.7 Å². The summed E-state index contributed by atoms with van der Waals surface area (Å²) in [5, 5.41) is 4.47. The van der Waals surface area contributed by atoms with Crippen LogP contribution < -0.4 is 4.74 Å². The third kappa shape index (κ3) is 3.75. The van der Waals surface area contributed by atoms with Gasteiger partial charge in [-0.25, -0.2) is 8.42 Å². The van der Waals surface area contributed by atoms with E-state index in [2.05, 4.69) is 10.1 Å². The average Bonchev–Trinajstić information content (AvgIpc) is 3.10. The zero-order valence-corrected chi connectivity index (χ0v) is 17.6. The molecule has 2 aromatic carbocycles. The lowest BCUT2D eigenvalue weighted by Gasteiger charge is -2.36. The molecule has 0 aliphatic carbocycles. The molecule has 1 fully saturated rings. The first-order valence-electron chi connectivity index (χ1n) is 9.10. The van der Waals surface area contributed by atoms with Gasteiger partial charge in [-0.15, -0.1) is 0 Å². The van der Waals surface area contributed by atoms with Gasteiger partial charge in [-0.2, -0.15) is 9.29 Å². The maximum atomic E-state index is 12.9. The minimum absolute atomic E-state index is 0.122. The molecule has 0 N–H and O–H groups in total. The highest BCUT2D eigenvalue weighted by Gasteiger charge is 2.41. The molecule has 0 spiro atoms. The monoisotopic (exact) mass is 433 g/mol. The number of sulfonamides is 1. The van der Waals surface area contributed by atoms with Crippen molar-refractivity contribution in [1.29, 1.82) is 0 Å². The van der Waals surface area contributed by atoms with Crippen molar-refractivity contribution in [3.63, 3.8) is 0 Å². The Hall–Kier alpha value is -2.42. The zero-order valence-electron chi connectivity index (χ0n) is 16.0. The molecule has 2 heterocycles. The molecule has 7 nitrogen and oxygen atoms in total. The molecular weight excluding hydrogens is 414 g/mol. The van der Waals surface area contributed by atoms with E-state index in [9.17, 15) is 8.42 Å². The number of nitrogens with zero attached hydrogens (tertiary/aromatic N) is 3. The molecule has 1 aromatic heterocycles. The normalized spacial score (nSPS) is 15.3. The fourth-order valence-corrected chi connectivity index (χ4v) is 5.33. The molecule has 1 saturated heterocycles. The fourth-order valence-electron chi connectivity index (χ4n) is 3.32. The van der Waals surface area contributed by atoms with Gasteiger partial charge < -0.3 is 9.26 Å². The quantitative estimate of drug-likeness (QED) is 0.592. The smallest absolute Gasteiger partial charge is 0.243 e. The van der Waals surface area contributed by atoms with Gasteiger partial charge in [0.05, 0.1) is 17.9 Å². The highest BCUT2D eigenvalue weighted by atomic mass is 35.5. The summed E-state index contributed by atoms with van der Waals surface area (Å²) < 4.78 is 37.9. The second-order valence-electron chi connectivity index (χ2n) is 6.92. The molecule has 9 heteroatoms. The van der Waals surface area contributed by atoms with E-state index in [0.29, 0.717) is 41.8 Å². The Morgan fingerprint density at radius 3 is 2.72 bits per heavy atom. The Morgan fingerprint density at radius 1 is 1.21 bits per heavy atom. The maximum Gasteiger partial charge on any atom is 0.243 e. The van der Waals surface area contributed by atoms with Gasteiger partial charge >= 0.3 is 0 Å². The van der Waals surface area contributed by atoms with Crippen LogP contribution in [0.3, 0.4) is 0 Å². The predicted molar refractivity (Wildman–Crippen MR) is 108 cm³/mol. The van der Waals surface area contributed by atoms with E-state index in [1.807, 2.05) is 24.3 Å². The van der Waals surface area contributed by atoms with E-state index in [4.69, 9.17) is 20.9 Å². The standard InChI is InChI=1S/C20H20ClN3O4S/c1-13-16(21)7-5-9-18(13)29(25,26)24-11-15(12-24)20-22-19(23-28-20)10-14-6-3-4-8-17(14)27-2/h3-9,15H,10-12H2,1-2H3. The van der Waals surface area contributed by atoms with E-state index < -0.39 is 10.0 Å². The van der Waals surface area contributed by atoms with Crippen LogP contribution in [0.1, 0.15) is 28.8 Å². The van der Waals surface area contributed by atoms with Gasteiger partial charge in [0.2, 0.25) is 15.9 Å². The molecule has 0 radical (unpaired) electrons. The first kappa shape index (κ1) is 19.9. The number of hydrogen-bond acceptors (Lipinski definition) is 6. The Labute approximate surface area is 174 Å². The minimum Gasteiger partial charge on any atom is -0.496 e. The van der Waals surface area contributed by atoms with Crippen LogP contribution in [0.4, 0.5) is 0 Å². The second kappa shape index (κ2) is 7.78. The zero-order chi connectivity index (χ0) is 20.6. The summed E-state index contributed by atoms with van der Waals surface area (Å²) in [6.07, 6.45) is 0.476. The first-order chi connectivity index (χ1) is 13.9. The van der Waals surface area contributed by atoms with Crippen molar-refractivity contribution in [3.8, 4) is 5.75 Å². The van der Waals surface area contributed by atoms with Gasteiger partial charge in [-0.05, 0) is 30.7 Å². The number of benzene rings is 2. The van der Waals surface area contributed by atoms with E-state index in [1.165, 1.54) is 4.31 Å². The lowest BCUT2D eigenvalue weighted by molar-refractivity contribution is 0.216. The molecule has 152 valence electrons. The molecule has 0 saturated carbocycles. The van der Waals surface area contributed by atoms with Crippen molar-refractivity contribution in [1.82, 2.24) is 14.4 Å². The van der Waals surface area contributed by atoms with Gasteiger partial charge in [-0.1, -0.05) is 41.0 Å². The Balaban J connectivity index is 1.45. The number of para-hydroxylation sites is 1. The molecule has 4 rings (SSSR count). The third-order valence-corrected chi connectivity index (χ3v) is 7.44. The highest BCUT2D eigenvalue weighted by Crippen LogP contribution is 2.33. The number of aromatic nitrogens is 2.